The van der Waals surface area contributed by atoms with E-state index in [4.69, 9.17) is 0 Å². The maximum atomic E-state index is 14.0. The number of H-pyrrole nitrogens is 1. The van der Waals surface area contributed by atoms with E-state index in [0.717, 1.165) is 0 Å². The summed E-state index contributed by atoms with van der Waals surface area (Å²) in [5.74, 6) is -4.37. The molecule has 0 aliphatic carbocycles. The molecule has 0 amide bonds. The molecule has 0 radical (unpaired) electrons. The Labute approximate surface area is 170 Å². The zero-order chi connectivity index (χ0) is 22.6. The average Bonchev–Trinajstić information content (AvgIpc) is 2.72. The van der Waals surface area contributed by atoms with Crippen LogP contribution in [0.3, 0.4) is 0 Å². The highest BCUT2D eigenvalue weighted by Crippen LogP contribution is 2.28. The predicted molar refractivity (Wildman–Crippen MR) is 99.3 cm³/mol. The fourth-order valence-electron chi connectivity index (χ4n) is 2.48. The zero-order valence-electron chi connectivity index (χ0n) is 15.2. The third-order valence-corrected chi connectivity index (χ3v) is 3.76. The summed E-state index contributed by atoms with van der Waals surface area (Å²) >= 11 is 0. The molecule has 1 heterocycles. The smallest absolute Gasteiger partial charge is 0.405 e. The van der Waals surface area contributed by atoms with E-state index >= 15 is 0 Å². The zero-order valence-corrected chi connectivity index (χ0v) is 15.2. The van der Waals surface area contributed by atoms with Crippen LogP contribution in [0.5, 0.6) is 5.75 Å². The van der Waals surface area contributed by atoms with Gasteiger partial charge in [0.25, 0.3) is 5.56 Å². The summed E-state index contributed by atoms with van der Waals surface area (Å²) in [6, 6.07) is 11.0. The Bertz CT molecular complexity index is 1230. The molecular weight excluding hydrogens is 425 g/mol. The van der Waals surface area contributed by atoms with Crippen molar-refractivity contribution in [1.29, 1.82) is 5.26 Å². The summed E-state index contributed by atoms with van der Waals surface area (Å²) in [6.45, 7) is 0. The van der Waals surface area contributed by atoms with Crippen LogP contribution in [-0.4, -0.2) is 22.5 Å². The first-order valence-electron chi connectivity index (χ1n) is 8.32. The Balaban J connectivity index is 1.95. The van der Waals surface area contributed by atoms with Gasteiger partial charge in [-0.3, -0.25) is 9.78 Å². The molecule has 2 N–H and O–H groups in total. The van der Waals surface area contributed by atoms with Crippen LogP contribution < -0.4 is 15.7 Å². The first kappa shape index (κ1) is 21.4. The lowest BCUT2D eigenvalue weighted by atomic mass is 10.1. The maximum Gasteiger partial charge on any atom is 0.573 e. The minimum atomic E-state index is -5.15. The number of ether oxygens (including phenoxy) is 1. The molecule has 0 aliphatic rings. The number of halogens is 5. The van der Waals surface area contributed by atoms with E-state index in [1.807, 2.05) is 0 Å². The molecule has 31 heavy (non-hydrogen) atoms. The van der Waals surface area contributed by atoms with E-state index in [2.05, 4.69) is 25.2 Å². The predicted octanol–water partition coefficient (Wildman–Crippen LogP) is 3.93. The lowest BCUT2D eigenvalue weighted by molar-refractivity contribution is -0.274. The van der Waals surface area contributed by atoms with Crippen LogP contribution in [0.1, 0.15) is 11.1 Å². The van der Waals surface area contributed by atoms with E-state index in [0.29, 0.717) is 23.9 Å². The fraction of sp³-hybridized carbons (Fsp3) is 0.0526. The van der Waals surface area contributed by atoms with Crippen LogP contribution in [0.4, 0.5) is 27.9 Å². The summed E-state index contributed by atoms with van der Waals surface area (Å²) in [4.78, 5) is 18.4. The molecule has 0 atom stereocenters. The van der Waals surface area contributed by atoms with Crippen molar-refractivity contribution in [3.8, 4) is 23.1 Å². The van der Waals surface area contributed by atoms with Gasteiger partial charge in [0.2, 0.25) is 5.95 Å². The van der Waals surface area contributed by atoms with Crippen molar-refractivity contribution in [2.75, 3.05) is 5.43 Å². The molecule has 0 bridgehead atoms. The van der Waals surface area contributed by atoms with E-state index in [-0.39, 0.29) is 17.2 Å². The second-order valence-corrected chi connectivity index (χ2v) is 5.81. The lowest BCUT2D eigenvalue weighted by Gasteiger charge is -2.12. The van der Waals surface area contributed by atoms with Crippen molar-refractivity contribution < 1.29 is 26.7 Å². The molecule has 3 rings (SSSR count). The van der Waals surface area contributed by atoms with E-state index in [9.17, 15) is 32.0 Å². The second kappa shape index (κ2) is 8.62. The summed E-state index contributed by atoms with van der Waals surface area (Å²) in [5.41, 5.74) is 0.636. The molecule has 0 fully saturated rings. The van der Waals surface area contributed by atoms with Gasteiger partial charge in [0.1, 0.15) is 17.4 Å². The fourth-order valence-corrected chi connectivity index (χ4v) is 2.48. The molecule has 0 aliphatic heterocycles. The Morgan fingerprint density at radius 3 is 2.52 bits per heavy atom. The molecule has 2 aromatic carbocycles. The Hall–Kier alpha value is -4.27. The quantitative estimate of drug-likeness (QED) is 0.359. The molecule has 0 saturated carbocycles. The van der Waals surface area contributed by atoms with Gasteiger partial charge in [-0.2, -0.15) is 10.4 Å². The minimum absolute atomic E-state index is 0.0163. The van der Waals surface area contributed by atoms with Crippen LogP contribution >= 0.6 is 0 Å². The van der Waals surface area contributed by atoms with Crippen molar-refractivity contribution in [3.05, 3.63) is 75.6 Å². The summed E-state index contributed by atoms with van der Waals surface area (Å²) in [6.07, 6.45) is -4.62. The van der Waals surface area contributed by atoms with Crippen molar-refractivity contribution in [3.63, 3.8) is 0 Å². The number of nitriles is 1. The van der Waals surface area contributed by atoms with Crippen molar-refractivity contribution in [2.24, 2.45) is 5.10 Å². The van der Waals surface area contributed by atoms with E-state index in [1.165, 1.54) is 0 Å². The van der Waals surface area contributed by atoms with Gasteiger partial charge in [-0.15, -0.1) is 13.2 Å². The monoisotopic (exact) mass is 435 g/mol. The van der Waals surface area contributed by atoms with Crippen LogP contribution in [0, 0.1) is 23.0 Å². The highest BCUT2D eigenvalue weighted by molar-refractivity contribution is 5.84. The number of rotatable bonds is 5. The summed E-state index contributed by atoms with van der Waals surface area (Å²) in [5, 5.41) is 12.7. The molecule has 12 heteroatoms. The highest BCUT2D eigenvalue weighted by atomic mass is 19.4. The maximum absolute atomic E-state index is 14.0. The van der Waals surface area contributed by atoms with Gasteiger partial charge in [0.05, 0.1) is 17.5 Å². The van der Waals surface area contributed by atoms with Gasteiger partial charge in [-0.25, -0.2) is 19.2 Å². The van der Waals surface area contributed by atoms with Crippen LogP contribution in [0.2, 0.25) is 0 Å². The third kappa shape index (κ3) is 5.02. The van der Waals surface area contributed by atoms with Gasteiger partial charge in [-0.05, 0) is 12.1 Å². The molecule has 3 aromatic rings. The van der Waals surface area contributed by atoms with Gasteiger partial charge < -0.3 is 4.74 Å². The number of anilines is 1. The topological polar surface area (TPSA) is 103 Å². The molecule has 1 aromatic heterocycles. The normalized spacial score (nSPS) is 11.4. The highest BCUT2D eigenvalue weighted by Gasteiger charge is 2.33. The van der Waals surface area contributed by atoms with Gasteiger partial charge in [0, 0.05) is 5.56 Å². The number of nitrogens with zero attached hydrogens (tertiary/aromatic N) is 3. The first-order valence-corrected chi connectivity index (χ1v) is 8.32. The van der Waals surface area contributed by atoms with Crippen LogP contribution in [-0.2, 0) is 0 Å². The largest absolute Gasteiger partial charge is 0.573 e. The number of hydrogen-bond acceptors (Lipinski definition) is 6. The minimum Gasteiger partial charge on any atom is -0.405 e. The molecular formula is C19H10F5N5O2. The molecule has 158 valence electrons. The molecule has 0 unspecified atom stereocenters. The number of nitrogens with one attached hydrogen (secondary N) is 2. The van der Waals surface area contributed by atoms with Gasteiger partial charge in [0.15, 0.2) is 11.6 Å². The van der Waals surface area contributed by atoms with Gasteiger partial charge in [-0.1, -0.05) is 30.3 Å². The van der Waals surface area contributed by atoms with E-state index in [1.54, 1.807) is 36.4 Å². The number of hydrazone groups is 1. The number of aromatic amines is 1. The number of aromatic nitrogens is 2. The van der Waals surface area contributed by atoms with Crippen molar-refractivity contribution in [1.82, 2.24) is 9.97 Å². The van der Waals surface area contributed by atoms with Crippen molar-refractivity contribution >= 4 is 12.2 Å². The first-order chi connectivity index (χ1) is 14.7. The Morgan fingerprint density at radius 2 is 1.87 bits per heavy atom. The third-order valence-electron chi connectivity index (χ3n) is 3.76. The van der Waals surface area contributed by atoms with Crippen LogP contribution in [0.15, 0.2) is 52.4 Å². The number of alkyl halides is 3. The molecule has 0 spiro atoms. The van der Waals surface area contributed by atoms with Gasteiger partial charge >= 0.3 is 6.36 Å². The SMILES string of the molecule is N#Cc1c(-c2ccccc2)nc(NN=Cc2c(OC(F)(F)F)ccc(F)c2F)[nH]c1=O. The van der Waals surface area contributed by atoms with E-state index < -0.39 is 34.9 Å². The number of hydrogen-bond donors (Lipinski definition) is 2. The summed E-state index contributed by atoms with van der Waals surface area (Å²) in [7, 11) is 0. The standard InChI is InChI=1S/C19H10F5N5O2/c20-13-6-7-14(31-19(22,23)24)12(15(13)21)9-26-29-18-27-16(10-4-2-1-3-5-10)11(8-25)17(30)28-18/h1-7,9H,(H2,27,28,29,30). The Morgan fingerprint density at radius 1 is 1.16 bits per heavy atom. The molecule has 0 saturated heterocycles. The summed E-state index contributed by atoms with van der Waals surface area (Å²) < 4.78 is 68.5. The average molecular weight is 435 g/mol. The lowest BCUT2D eigenvalue weighted by Crippen LogP contribution is -2.19. The number of benzene rings is 2. The molecule has 7 nitrogen and oxygen atoms in total. The second-order valence-electron chi connectivity index (χ2n) is 5.81. The Kier molecular flexibility index (Phi) is 5.96. The van der Waals surface area contributed by atoms with Crippen LogP contribution in [0.25, 0.3) is 11.3 Å². The van der Waals surface area contributed by atoms with Crippen molar-refractivity contribution in [2.45, 2.75) is 6.36 Å².